The molecule has 57 heavy (non-hydrogen) atoms. The van der Waals surface area contributed by atoms with Crippen molar-refractivity contribution in [3.63, 3.8) is 0 Å². The highest BCUT2D eigenvalue weighted by molar-refractivity contribution is 7.26. The zero-order valence-electron chi connectivity index (χ0n) is 31.1. The lowest BCUT2D eigenvalue weighted by Crippen LogP contribution is -2.54. The van der Waals surface area contributed by atoms with Gasteiger partial charge in [0.25, 0.3) is 0 Å². The smallest absolute Gasteiger partial charge is 0.136 e. The van der Waals surface area contributed by atoms with Crippen LogP contribution < -0.4 is 16.0 Å². The molecule has 2 atom stereocenters. The molecular weight excluding hydrogens is 717 g/mol. The molecule has 1 fully saturated rings. The Labute approximate surface area is 333 Å². The summed E-state index contributed by atoms with van der Waals surface area (Å²) < 4.78 is 11.6. The molecule has 10 aromatic rings. The van der Waals surface area contributed by atoms with E-state index in [9.17, 15) is 0 Å². The fourth-order valence-electron chi connectivity index (χ4n) is 9.38. The lowest BCUT2D eigenvalue weighted by molar-refractivity contribution is 0.204. The highest BCUT2D eigenvalue weighted by atomic mass is 32.1. The van der Waals surface area contributed by atoms with E-state index in [0.717, 1.165) is 40.3 Å². The molecule has 7 aromatic carbocycles. The Morgan fingerprint density at radius 3 is 2.14 bits per heavy atom. The average molecular weight is 755 g/mol. The molecule has 0 bridgehead atoms. The van der Waals surface area contributed by atoms with Gasteiger partial charge in [0.2, 0.25) is 0 Å². The molecule has 0 saturated carbocycles. The number of nitrogens with one attached hydrogen (secondary N) is 3. The highest BCUT2D eigenvalue weighted by Gasteiger charge is 2.31. The zero-order chi connectivity index (χ0) is 37.5. The van der Waals surface area contributed by atoms with E-state index in [0.29, 0.717) is 0 Å². The van der Waals surface area contributed by atoms with E-state index in [1.165, 1.54) is 70.3 Å². The molecular formula is C51H38N4OS. The van der Waals surface area contributed by atoms with E-state index in [-0.39, 0.29) is 18.5 Å². The van der Waals surface area contributed by atoms with Gasteiger partial charge in [0.15, 0.2) is 0 Å². The lowest BCUT2D eigenvalue weighted by Gasteiger charge is -2.40. The van der Waals surface area contributed by atoms with Crippen molar-refractivity contribution in [3.05, 3.63) is 192 Å². The Morgan fingerprint density at radius 2 is 1.32 bits per heavy atom. The van der Waals surface area contributed by atoms with E-state index in [1.54, 1.807) is 0 Å². The number of fused-ring (bicyclic) bond motifs is 9. The van der Waals surface area contributed by atoms with Crippen LogP contribution in [0.15, 0.2) is 168 Å². The molecule has 274 valence electrons. The predicted octanol–water partition coefficient (Wildman–Crippen LogP) is 12.7. The van der Waals surface area contributed by atoms with E-state index in [4.69, 9.17) is 4.42 Å². The van der Waals surface area contributed by atoms with Gasteiger partial charge in [0.05, 0.1) is 24.0 Å². The van der Waals surface area contributed by atoms with Crippen molar-refractivity contribution in [2.24, 2.45) is 0 Å². The Hall–Kier alpha value is -6.28. The second-order valence-electron chi connectivity index (χ2n) is 15.3. The molecule has 4 heterocycles. The van der Waals surface area contributed by atoms with Crippen molar-refractivity contribution < 1.29 is 4.42 Å². The molecule has 0 amide bonds. The van der Waals surface area contributed by atoms with Gasteiger partial charge in [-0.1, -0.05) is 127 Å². The first-order valence-electron chi connectivity index (χ1n) is 19.8. The summed E-state index contributed by atoms with van der Waals surface area (Å²) in [6.45, 7) is 0. The number of hydrogen-bond acceptors (Lipinski definition) is 5. The Kier molecular flexibility index (Phi) is 7.60. The summed E-state index contributed by atoms with van der Waals surface area (Å²) in [6, 6.07) is 57.0. The fraction of sp³-hybridized carbons (Fsp3) is 0.0980. The third-order valence-corrected chi connectivity index (χ3v) is 13.2. The maximum atomic E-state index is 6.61. The van der Waals surface area contributed by atoms with Crippen LogP contribution in [0, 0.1) is 0 Å². The number of thiophene rings is 1. The van der Waals surface area contributed by atoms with Crippen molar-refractivity contribution >= 4 is 70.4 Å². The summed E-state index contributed by atoms with van der Waals surface area (Å²) in [5.41, 5.74) is 13.0. The number of nitrogens with zero attached hydrogens (tertiary/aromatic N) is 1. The van der Waals surface area contributed by atoms with Crippen LogP contribution in [0.2, 0.25) is 0 Å². The number of hydrogen-bond donors (Lipinski definition) is 3. The quantitative estimate of drug-likeness (QED) is 0.164. The molecule has 6 heteroatoms. The molecule has 5 nitrogen and oxygen atoms in total. The van der Waals surface area contributed by atoms with Gasteiger partial charge in [-0.25, -0.2) is 0 Å². The van der Waals surface area contributed by atoms with Crippen molar-refractivity contribution in [2.75, 3.05) is 0 Å². The monoisotopic (exact) mass is 754 g/mol. The molecule has 0 radical (unpaired) electrons. The Morgan fingerprint density at radius 1 is 0.579 bits per heavy atom. The topological polar surface area (TPSA) is 54.2 Å². The summed E-state index contributed by atoms with van der Waals surface area (Å²) in [5, 5.41) is 17.8. The molecule has 1 aliphatic carbocycles. The van der Waals surface area contributed by atoms with E-state index >= 15 is 0 Å². The van der Waals surface area contributed by atoms with Crippen molar-refractivity contribution in [3.8, 4) is 16.8 Å². The first kappa shape index (κ1) is 32.9. The first-order valence-corrected chi connectivity index (χ1v) is 20.6. The maximum absolute atomic E-state index is 6.61. The van der Waals surface area contributed by atoms with Crippen LogP contribution in [-0.2, 0) is 6.42 Å². The third kappa shape index (κ3) is 5.33. The molecule has 0 spiro atoms. The normalized spacial score (nSPS) is 18.3. The number of allylic oxidation sites excluding steroid dienone is 1. The third-order valence-electron chi connectivity index (χ3n) is 12.0. The molecule has 3 aromatic heterocycles. The molecule has 3 N–H and O–H groups in total. The second-order valence-corrected chi connectivity index (χ2v) is 16.3. The van der Waals surface area contributed by atoms with E-state index in [2.05, 4.69) is 190 Å². The Bertz CT molecular complexity index is 3150. The van der Waals surface area contributed by atoms with Crippen LogP contribution in [0.4, 0.5) is 0 Å². The predicted molar refractivity (Wildman–Crippen MR) is 237 cm³/mol. The van der Waals surface area contributed by atoms with E-state index < -0.39 is 0 Å². The van der Waals surface area contributed by atoms with Crippen LogP contribution in [0.25, 0.3) is 75.9 Å². The van der Waals surface area contributed by atoms with Gasteiger partial charge in [-0.3, -0.25) is 16.0 Å². The summed E-state index contributed by atoms with van der Waals surface area (Å²) in [5.74, 6) is 0. The van der Waals surface area contributed by atoms with Gasteiger partial charge in [-0.05, 0) is 83.1 Å². The number of para-hydroxylation sites is 1. The van der Waals surface area contributed by atoms with Crippen molar-refractivity contribution in [1.82, 2.24) is 20.5 Å². The molecule has 2 aliphatic rings. The summed E-state index contributed by atoms with van der Waals surface area (Å²) in [6.07, 6.45) is 6.54. The van der Waals surface area contributed by atoms with Crippen LogP contribution in [0.3, 0.4) is 0 Å². The van der Waals surface area contributed by atoms with Gasteiger partial charge in [0, 0.05) is 53.3 Å². The molecule has 1 aliphatic heterocycles. The number of aromatic nitrogens is 1. The van der Waals surface area contributed by atoms with E-state index in [1.807, 2.05) is 11.3 Å². The van der Waals surface area contributed by atoms with Crippen molar-refractivity contribution in [1.29, 1.82) is 0 Å². The minimum absolute atomic E-state index is 0.0323. The van der Waals surface area contributed by atoms with Crippen LogP contribution in [0.1, 0.15) is 52.9 Å². The summed E-state index contributed by atoms with van der Waals surface area (Å²) >= 11 is 1.87. The standard InChI is InChI=1S/C51H38N4OS/c1-3-13-31(14-4-1)49-52-50(32-15-5-2-6-16-32)54-51(53-49)40-21-12-24-46-47(40)39-20-11-19-35(48(39)57-46)33-25-27-38-41-30-34(26-28-44(41)56-45(38)29-33)55-42-22-9-7-17-36(42)37-18-8-10-23-43(37)55/h1-9,11-22,24-30,49-54H,10,23H2. The van der Waals surface area contributed by atoms with Gasteiger partial charge >= 0.3 is 0 Å². The minimum atomic E-state index is -0.0879. The molecule has 1 saturated heterocycles. The maximum Gasteiger partial charge on any atom is 0.136 e. The second kappa shape index (κ2) is 13.2. The van der Waals surface area contributed by atoms with Gasteiger partial charge in [-0.2, -0.15) is 0 Å². The zero-order valence-corrected chi connectivity index (χ0v) is 31.9. The van der Waals surface area contributed by atoms with Gasteiger partial charge in [-0.15, -0.1) is 11.3 Å². The minimum Gasteiger partial charge on any atom is -0.456 e. The van der Waals surface area contributed by atoms with Gasteiger partial charge in [0.1, 0.15) is 11.2 Å². The van der Waals surface area contributed by atoms with Crippen molar-refractivity contribution in [2.45, 2.75) is 31.3 Å². The summed E-state index contributed by atoms with van der Waals surface area (Å²) in [7, 11) is 0. The van der Waals surface area contributed by atoms with Crippen LogP contribution in [0.5, 0.6) is 0 Å². The average Bonchev–Trinajstić information content (AvgIpc) is 3.96. The first-order chi connectivity index (χ1) is 28.2. The van der Waals surface area contributed by atoms with Gasteiger partial charge < -0.3 is 8.98 Å². The highest BCUT2D eigenvalue weighted by Crippen LogP contribution is 2.44. The fourth-order valence-corrected chi connectivity index (χ4v) is 10.7. The molecule has 2 unspecified atom stereocenters. The van der Waals surface area contributed by atoms with Crippen LogP contribution in [-0.4, -0.2) is 4.57 Å². The molecule has 12 rings (SSSR count). The Balaban J connectivity index is 0.948. The van der Waals surface area contributed by atoms with Crippen LogP contribution >= 0.6 is 11.3 Å². The number of furan rings is 1. The SMILES string of the molecule is C1=Cc2c(n(-c3ccc4oc5cc(-c6cccc7c6sc6cccc(C8NC(c9ccccc9)NC(c9ccccc9)N8)c67)ccc5c4c3)c3ccccc23)CC1. The number of benzene rings is 7. The number of rotatable bonds is 5. The summed E-state index contributed by atoms with van der Waals surface area (Å²) in [4.78, 5) is 0. The lowest BCUT2D eigenvalue weighted by atomic mass is 9.98. The largest absolute Gasteiger partial charge is 0.456 e.